The van der Waals surface area contributed by atoms with Crippen LogP contribution in [0.5, 0.6) is 5.75 Å². The molecule has 198 valence electrons. The lowest BCUT2D eigenvalue weighted by molar-refractivity contribution is 0.0697. The number of hydrogen-bond donors (Lipinski definition) is 2. The molecule has 10 nitrogen and oxygen atoms in total. The van der Waals surface area contributed by atoms with Crippen LogP contribution >= 0.6 is 15.9 Å². The lowest BCUT2D eigenvalue weighted by Crippen LogP contribution is -2.29. The average Bonchev–Trinajstić information content (AvgIpc) is 3.60. The van der Waals surface area contributed by atoms with Gasteiger partial charge in [-0.3, -0.25) is 14.0 Å². The standard InChI is InChI=1S/C28H25BrN6O4/c1-32-24(29)14-31-25(32)16-33-12-10-20(15-33)35-26-22(3-2-11-30-26)34(28(35)39)19-8-9-21(23(36)13-19)17-4-6-18(7-5-17)27(37)38/h2-9,11,13-14,20,36H,10,12,15-16H2,1H3,(H,37,38)/t20-/m0/s1. The summed E-state index contributed by atoms with van der Waals surface area (Å²) < 4.78 is 6.27. The van der Waals surface area contributed by atoms with Gasteiger partial charge in [0.15, 0.2) is 5.65 Å². The van der Waals surface area contributed by atoms with Crippen LogP contribution in [-0.2, 0) is 13.6 Å². The molecule has 0 spiro atoms. The van der Waals surface area contributed by atoms with E-state index in [1.165, 1.54) is 12.1 Å². The SMILES string of the molecule is Cn1c(Br)cnc1CN1CC[C@H](n2c(=O)n(-c3ccc(-c4ccc(C(=O)O)cc4)c(O)c3)c3cccnc32)C1. The van der Waals surface area contributed by atoms with Gasteiger partial charge in [-0.1, -0.05) is 12.1 Å². The molecular weight excluding hydrogens is 564 g/mol. The van der Waals surface area contributed by atoms with Gasteiger partial charge in [-0.25, -0.2) is 19.6 Å². The number of rotatable bonds is 6. The van der Waals surface area contributed by atoms with Gasteiger partial charge in [0.05, 0.1) is 35.6 Å². The first kappa shape index (κ1) is 25.1. The largest absolute Gasteiger partial charge is 0.507 e. The van der Waals surface area contributed by atoms with Crippen molar-refractivity contribution in [1.82, 2.24) is 28.6 Å². The Hall–Kier alpha value is -4.22. The molecule has 0 radical (unpaired) electrons. The van der Waals surface area contributed by atoms with Crippen LogP contribution in [0.1, 0.15) is 28.6 Å². The van der Waals surface area contributed by atoms with Crippen molar-refractivity contribution >= 4 is 33.1 Å². The Labute approximate surface area is 231 Å². The summed E-state index contributed by atoms with van der Waals surface area (Å²) in [7, 11) is 1.97. The van der Waals surface area contributed by atoms with Crippen LogP contribution in [-0.4, -0.2) is 57.8 Å². The smallest absolute Gasteiger partial charge is 0.335 e. The lowest BCUT2D eigenvalue weighted by atomic mass is 10.0. The second-order valence-corrected chi connectivity index (χ2v) is 10.5. The van der Waals surface area contributed by atoms with Gasteiger partial charge >= 0.3 is 11.7 Å². The quantitative estimate of drug-likeness (QED) is 0.305. The maximum absolute atomic E-state index is 13.9. The summed E-state index contributed by atoms with van der Waals surface area (Å²) in [4.78, 5) is 36.4. The van der Waals surface area contributed by atoms with Crippen molar-refractivity contribution in [3.63, 3.8) is 0 Å². The highest BCUT2D eigenvalue weighted by Crippen LogP contribution is 2.33. The number of pyridine rings is 1. The van der Waals surface area contributed by atoms with E-state index in [9.17, 15) is 14.7 Å². The van der Waals surface area contributed by atoms with Crippen molar-refractivity contribution in [2.24, 2.45) is 7.05 Å². The van der Waals surface area contributed by atoms with Crippen molar-refractivity contribution in [2.75, 3.05) is 13.1 Å². The van der Waals surface area contributed by atoms with E-state index in [0.29, 0.717) is 41.1 Å². The number of aromatic carboxylic acids is 1. The molecular formula is C28H25BrN6O4. The summed E-state index contributed by atoms with van der Waals surface area (Å²) in [6.45, 7) is 2.20. The zero-order valence-electron chi connectivity index (χ0n) is 21.0. The number of benzene rings is 2. The van der Waals surface area contributed by atoms with Gasteiger partial charge in [-0.2, -0.15) is 0 Å². The first-order valence-electron chi connectivity index (χ1n) is 12.5. The van der Waals surface area contributed by atoms with Crippen LogP contribution in [0.4, 0.5) is 0 Å². The molecule has 1 aliphatic rings. The first-order chi connectivity index (χ1) is 18.8. The number of fused-ring (bicyclic) bond motifs is 1. The van der Waals surface area contributed by atoms with Gasteiger partial charge in [-0.15, -0.1) is 0 Å². The average molecular weight is 589 g/mol. The second kappa shape index (κ2) is 9.83. The molecule has 1 atom stereocenters. The molecule has 11 heteroatoms. The predicted molar refractivity (Wildman–Crippen MR) is 149 cm³/mol. The summed E-state index contributed by atoms with van der Waals surface area (Å²) in [5, 5.41) is 20.0. The zero-order chi connectivity index (χ0) is 27.3. The highest BCUT2D eigenvalue weighted by molar-refractivity contribution is 9.10. The third-order valence-electron chi connectivity index (χ3n) is 7.32. The molecule has 6 rings (SSSR count). The maximum Gasteiger partial charge on any atom is 0.335 e. The van der Waals surface area contributed by atoms with Crippen molar-refractivity contribution in [1.29, 1.82) is 0 Å². The third-order valence-corrected chi connectivity index (χ3v) is 8.06. The minimum absolute atomic E-state index is 0.0134. The Kier molecular flexibility index (Phi) is 6.32. The number of hydrogen-bond acceptors (Lipinski definition) is 6. The number of phenolic OH excluding ortho intramolecular Hbond substituents is 1. The molecule has 2 aromatic carbocycles. The highest BCUT2D eigenvalue weighted by Gasteiger charge is 2.29. The minimum atomic E-state index is -1.01. The molecule has 1 saturated heterocycles. The molecule has 1 fully saturated rings. The fraction of sp³-hybridized carbons (Fsp3) is 0.214. The highest BCUT2D eigenvalue weighted by atomic mass is 79.9. The Balaban J connectivity index is 1.34. The molecule has 0 unspecified atom stereocenters. The summed E-state index contributed by atoms with van der Waals surface area (Å²) in [5.74, 6) is -0.0790. The molecule has 1 aliphatic heterocycles. The van der Waals surface area contributed by atoms with Gasteiger partial charge < -0.3 is 14.8 Å². The van der Waals surface area contributed by atoms with E-state index in [-0.39, 0.29) is 23.0 Å². The lowest BCUT2D eigenvalue weighted by Gasteiger charge is -2.16. The zero-order valence-corrected chi connectivity index (χ0v) is 22.6. The van der Waals surface area contributed by atoms with Crippen LogP contribution in [0, 0.1) is 0 Å². The number of phenols is 1. The van der Waals surface area contributed by atoms with E-state index >= 15 is 0 Å². The van der Waals surface area contributed by atoms with E-state index in [2.05, 4.69) is 30.8 Å². The number of aromatic hydroxyl groups is 1. The number of likely N-dealkylation sites (tertiary alicyclic amines) is 1. The van der Waals surface area contributed by atoms with Gasteiger partial charge in [0.25, 0.3) is 0 Å². The molecule has 0 amide bonds. The number of imidazole rings is 2. The van der Waals surface area contributed by atoms with Crippen LogP contribution < -0.4 is 5.69 Å². The second-order valence-electron chi connectivity index (χ2n) is 9.65. The van der Waals surface area contributed by atoms with E-state index in [0.717, 1.165) is 23.4 Å². The molecule has 0 saturated carbocycles. The monoisotopic (exact) mass is 588 g/mol. The normalized spacial score (nSPS) is 15.8. The van der Waals surface area contributed by atoms with Crippen molar-refractivity contribution in [3.8, 4) is 22.6 Å². The Morgan fingerprint density at radius 3 is 2.62 bits per heavy atom. The molecule has 4 heterocycles. The van der Waals surface area contributed by atoms with E-state index in [1.807, 2.05) is 17.7 Å². The van der Waals surface area contributed by atoms with Gasteiger partial charge in [0.2, 0.25) is 0 Å². The third kappa shape index (κ3) is 4.43. The number of nitrogens with zero attached hydrogens (tertiary/aromatic N) is 6. The van der Waals surface area contributed by atoms with Crippen LogP contribution in [0.3, 0.4) is 0 Å². The Morgan fingerprint density at radius 2 is 1.92 bits per heavy atom. The topological polar surface area (TPSA) is 118 Å². The molecule has 0 aliphatic carbocycles. The molecule has 3 aromatic heterocycles. The molecule has 5 aromatic rings. The Bertz CT molecular complexity index is 1770. The summed E-state index contributed by atoms with van der Waals surface area (Å²) in [5.41, 5.74) is 2.94. The summed E-state index contributed by atoms with van der Waals surface area (Å²) >= 11 is 3.49. The maximum atomic E-state index is 13.9. The number of carbonyl (C=O) groups is 1. The molecule has 2 N–H and O–H groups in total. The van der Waals surface area contributed by atoms with E-state index in [1.54, 1.807) is 57.9 Å². The fourth-order valence-corrected chi connectivity index (χ4v) is 5.57. The first-order valence-corrected chi connectivity index (χ1v) is 13.2. The van der Waals surface area contributed by atoms with Crippen LogP contribution in [0.25, 0.3) is 28.0 Å². The van der Waals surface area contributed by atoms with Gasteiger partial charge in [0.1, 0.15) is 16.2 Å². The molecule has 0 bridgehead atoms. The van der Waals surface area contributed by atoms with Crippen molar-refractivity contribution in [3.05, 3.63) is 93.5 Å². The fourth-order valence-electron chi connectivity index (χ4n) is 5.26. The van der Waals surface area contributed by atoms with Gasteiger partial charge in [0, 0.05) is 38.0 Å². The number of aromatic nitrogens is 5. The Morgan fingerprint density at radius 1 is 1.13 bits per heavy atom. The summed E-state index contributed by atoms with van der Waals surface area (Å²) in [6.07, 6.45) is 4.27. The predicted octanol–water partition coefficient (Wildman–Crippen LogP) is 4.20. The van der Waals surface area contributed by atoms with Crippen LogP contribution in [0.2, 0.25) is 0 Å². The van der Waals surface area contributed by atoms with E-state index in [4.69, 9.17) is 5.11 Å². The van der Waals surface area contributed by atoms with Crippen molar-refractivity contribution in [2.45, 2.75) is 19.0 Å². The number of halogens is 1. The minimum Gasteiger partial charge on any atom is -0.507 e. The molecule has 39 heavy (non-hydrogen) atoms. The van der Waals surface area contributed by atoms with Crippen LogP contribution in [0.15, 0.2) is 76.4 Å². The van der Waals surface area contributed by atoms with Crippen molar-refractivity contribution < 1.29 is 15.0 Å². The number of carboxylic acids is 1. The van der Waals surface area contributed by atoms with Gasteiger partial charge in [-0.05, 0) is 64.3 Å². The van der Waals surface area contributed by atoms with E-state index < -0.39 is 5.97 Å². The summed E-state index contributed by atoms with van der Waals surface area (Å²) in [6, 6.07) is 14.9. The number of carboxylic acid groups (broad SMARTS) is 1.